The number of pyridine rings is 1. The molecule has 0 amide bonds. The molecule has 0 spiro atoms. The van der Waals surface area contributed by atoms with Crippen LogP contribution < -0.4 is 24.8 Å². The van der Waals surface area contributed by atoms with Crippen LogP contribution in [0.1, 0.15) is 5.56 Å². The zero-order valence-electron chi connectivity index (χ0n) is 17.6. The van der Waals surface area contributed by atoms with Crippen molar-refractivity contribution in [3.05, 3.63) is 115 Å². The van der Waals surface area contributed by atoms with Gasteiger partial charge in [0.15, 0.2) is 0 Å². The van der Waals surface area contributed by atoms with Crippen molar-refractivity contribution in [2.75, 3.05) is 0 Å². The summed E-state index contributed by atoms with van der Waals surface area (Å²) in [5, 5.41) is 6.45. The molecule has 0 aliphatic heterocycles. The number of rotatable bonds is 1. The summed E-state index contributed by atoms with van der Waals surface area (Å²) in [5.41, 5.74) is 4.79. The SMILES string of the molecule is Cc1cc2c(-c3cnc4ccccc4c3)cccc2[cH-]1.[Cl-].[Cl-].[Zr+4].c1ccc2[cH-]ccc2c1. The van der Waals surface area contributed by atoms with Gasteiger partial charge in [-0.25, -0.2) is 0 Å². The molecule has 1 aromatic heterocycles. The molecule has 156 valence electrons. The van der Waals surface area contributed by atoms with Gasteiger partial charge in [0.2, 0.25) is 0 Å². The van der Waals surface area contributed by atoms with E-state index in [9.17, 15) is 0 Å². The molecule has 32 heavy (non-hydrogen) atoms. The van der Waals surface area contributed by atoms with E-state index in [1.54, 1.807) is 0 Å². The van der Waals surface area contributed by atoms with Gasteiger partial charge >= 0.3 is 26.2 Å². The average molecular weight is 534 g/mol. The second-order valence-electron chi connectivity index (χ2n) is 7.41. The average Bonchev–Trinajstić information content (AvgIpc) is 3.39. The van der Waals surface area contributed by atoms with Crippen LogP contribution in [0.3, 0.4) is 0 Å². The van der Waals surface area contributed by atoms with Crippen LogP contribution in [-0.2, 0) is 26.2 Å². The van der Waals surface area contributed by atoms with E-state index in [2.05, 4.69) is 103 Å². The molecule has 0 saturated carbocycles. The predicted octanol–water partition coefficient (Wildman–Crippen LogP) is 1.65. The second-order valence-corrected chi connectivity index (χ2v) is 7.41. The maximum Gasteiger partial charge on any atom is 4.00 e. The third-order valence-corrected chi connectivity index (χ3v) is 5.34. The van der Waals surface area contributed by atoms with Crippen LogP contribution in [0.2, 0.25) is 0 Å². The number of nitrogens with zero attached hydrogens (tertiary/aromatic N) is 1. The predicted molar refractivity (Wildman–Crippen MR) is 125 cm³/mol. The minimum atomic E-state index is 0. The zero-order chi connectivity index (χ0) is 19.6. The first-order valence-electron chi connectivity index (χ1n) is 9.90. The molecular weight excluding hydrogens is 512 g/mol. The van der Waals surface area contributed by atoms with E-state index < -0.39 is 0 Å². The Balaban J connectivity index is 0.000000259. The first kappa shape index (κ1) is 26.0. The molecule has 0 bridgehead atoms. The summed E-state index contributed by atoms with van der Waals surface area (Å²) in [6.45, 7) is 2.14. The van der Waals surface area contributed by atoms with E-state index in [4.69, 9.17) is 0 Å². The summed E-state index contributed by atoms with van der Waals surface area (Å²) >= 11 is 0. The summed E-state index contributed by atoms with van der Waals surface area (Å²) in [4.78, 5) is 4.57. The van der Waals surface area contributed by atoms with Crippen molar-refractivity contribution in [2.45, 2.75) is 6.92 Å². The number of aromatic nitrogens is 1. The number of benzene rings is 3. The maximum atomic E-state index is 4.57. The number of halogens is 2. The van der Waals surface area contributed by atoms with Crippen molar-refractivity contribution in [2.24, 2.45) is 0 Å². The van der Waals surface area contributed by atoms with E-state index in [0.29, 0.717) is 0 Å². The number of para-hydroxylation sites is 1. The van der Waals surface area contributed by atoms with Gasteiger partial charge in [-0.05, 0) is 17.7 Å². The molecule has 5 aromatic carbocycles. The summed E-state index contributed by atoms with van der Waals surface area (Å²) < 4.78 is 0. The summed E-state index contributed by atoms with van der Waals surface area (Å²) in [6.07, 6.45) is 1.97. The first-order valence-corrected chi connectivity index (χ1v) is 9.90. The van der Waals surface area contributed by atoms with Crippen molar-refractivity contribution in [1.82, 2.24) is 4.98 Å². The van der Waals surface area contributed by atoms with E-state index in [1.807, 2.05) is 18.3 Å². The van der Waals surface area contributed by atoms with Gasteiger partial charge in [-0.15, -0.1) is 64.2 Å². The van der Waals surface area contributed by atoms with E-state index >= 15 is 0 Å². The number of hydrogen-bond donors (Lipinski definition) is 0. The monoisotopic (exact) mass is 531 g/mol. The number of aryl methyl sites for hydroxylation is 1. The summed E-state index contributed by atoms with van der Waals surface area (Å²) in [7, 11) is 0. The van der Waals surface area contributed by atoms with Crippen LogP contribution in [0.5, 0.6) is 0 Å². The first-order chi connectivity index (χ1) is 14.3. The second kappa shape index (κ2) is 11.6. The van der Waals surface area contributed by atoms with Crippen molar-refractivity contribution in [1.29, 1.82) is 0 Å². The molecule has 4 heteroatoms. The van der Waals surface area contributed by atoms with Crippen LogP contribution in [0.15, 0.2) is 109 Å². The van der Waals surface area contributed by atoms with Gasteiger partial charge in [0.1, 0.15) is 0 Å². The Labute approximate surface area is 220 Å². The van der Waals surface area contributed by atoms with Crippen LogP contribution in [0.25, 0.3) is 43.6 Å². The largest absolute Gasteiger partial charge is 4.00 e. The molecular formula is C28H21Cl2NZr. The van der Waals surface area contributed by atoms with Gasteiger partial charge in [-0.1, -0.05) is 42.8 Å². The van der Waals surface area contributed by atoms with Crippen molar-refractivity contribution in [3.8, 4) is 11.1 Å². The Morgan fingerprint density at radius 2 is 1.44 bits per heavy atom. The van der Waals surface area contributed by atoms with E-state index in [-0.39, 0.29) is 51.0 Å². The van der Waals surface area contributed by atoms with Crippen LogP contribution in [0.4, 0.5) is 0 Å². The smallest absolute Gasteiger partial charge is 1.00 e. The van der Waals surface area contributed by atoms with Gasteiger partial charge in [0.25, 0.3) is 0 Å². The van der Waals surface area contributed by atoms with Crippen molar-refractivity contribution in [3.63, 3.8) is 0 Å². The molecule has 0 radical (unpaired) electrons. The molecule has 6 aromatic rings. The Hall–Kier alpha value is -2.25. The zero-order valence-corrected chi connectivity index (χ0v) is 21.6. The van der Waals surface area contributed by atoms with E-state index in [0.717, 1.165) is 5.52 Å². The Morgan fingerprint density at radius 1 is 0.719 bits per heavy atom. The fourth-order valence-electron chi connectivity index (χ4n) is 3.92. The van der Waals surface area contributed by atoms with Gasteiger partial charge in [-0.3, -0.25) is 4.98 Å². The normalized spacial score (nSPS) is 9.91. The van der Waals surface area contributed by atoms with Crippen LogP contribution >= 0.6 is 0 Å². The molecule has 6 rings (SSSR count). The van der Waals surface area contributed by atoms with Crippen LogP contribution in [0, 0.1) is 6.92 Å². The maximum absolute atomic E-state index is 4.57. The molecule has 0 fully saturated rings. The quantitative estimate of drug-likeness (QED) is 0.293. The Morgan fingerprint density at radius 3 is 2.25 bits per heavy atom. The minimum Gasteiger partial charge on any atom is -1.00 e. The molecule has 0 saturated heterocycles. The number of hydrogen-bond acceptors (Lipinski definition) is 1. The van der Waals surface area contributed by atoms with Crippen molar-refractivity contribution >= 4 is 32.4 Å². The molecule has 0 unspecified atom stereocenters. The standard InChI is InChI=1S/C19H14N.C9H7.2ClH.Zr/c1-13-9-14-6-4-7-17(18(14)10-13)16-11-15-5-2-3-8-19(15)20-12-16;1-2-5-9-7-3-6-8(9)4-1;;;/h2-12H,1H3;1-7H;2*1H;/q2*-1;;;+4/p-2. The third-order valence-electron chi connectivity index (χ3n) is 5.34. The third kappa shape index (κ3) is 5.38. The van der Waals surface area contributed by atoms with Gasteiger partial charge in [-0.2, -0.15) is 23.6 Å². The molecule has 0 aliphatic rings. The Bertz CT molecular complexity index is 1400. The van der Waals surface area contributed by atoms with Crippen molar-refractivity contribution < 1.29 is 51.0 Å². The topological polar surface area (TPSA) is 12.9 Å². The molecule has 1 heterocycles. The number of fused-ring (bicyclic) bond motifs is 3. The molecule has 1 nitrogen and oxygen atoms in total. The van der Waals surface area contributed by atoms with E-state index in [1.165, 1.54) is 43.6 Å². The fraction of sp³-hybridized carbons (Fsp3) is 0.0357. The minimum absolute atomic E-state index is 0. The fourth-order valence-corrected chi connectivity index (χ4v) is 3.92. The van der Waals surface area contributed by atoms with Gasteiger partial charge in [0.05, 0.1) is 5.52 Å². The Kier molecular flexibility index (Phi) is 9.40. The van der Waals surface area contributed by atoms with Crippen LogP contribution in [-0.4, -0.2) is 4.98 Å². The summed E-state index contributed by atoms with van der Waals surface area (Å²) in [6, 6.07) is 36.1. The van der Waals surface area contributed by atoms with Gasteiger partial charge < -0.3 is 24.8 Å². The van der Waals surface area contributed by atoms with Gasteiger partial charge in [0, 0.05) is 11.6 Å². The summed E-state index contributed by atoms with van der Waals surface area (Å²) in [5.74, 6) is 0. The molecule has 0 N–H and O–H groups in total. The molecule has 0 atom stereocenters. The molecule has 0 aliphatic carbocycles.